The van der Waals surface area contributed by atoms with E-state index in [-0.39, 0.29) is 17.1 Å². The molecule has 2 aromatic rings. The summed E-state index contributed by atoms with van der Waals surface area (Å²) in [7, 11) is 0. The fourth-order valence-electron chi connectivity index (χ4n) is 1.56. The largest absolute Gasteiger partial charge is 0.417 e. The van der Waals surface area contributed by atoms with Crippen molar-refractivity contribution in [2.75, 3.05) is 0 Å². The number of rotatable bonds is 1. The fraction of sp³-hybridized carbons (Fsp3) is 0.182. The summed E-state index contributed by atoms with van der Waals surface area (Å²) in [5.74, 6) is 0.245. The van der Waals surface area contributed by atoms with Crippen molar-refractivity contribution in [3.05, 3.63) is 46.3 Å². The molecule has 0 radical (unpaired) electrons. The van der Waals surface area contributed by atoms with Gasteiger partial charge in [0.05, 0.1) is 11.3 Å². The zero-order valence-corrected chi connectivity index (χ0v) is 9.25. The first-order valence-electron chi connectivity index (χ1n) is 4.97. The van der Waals surface area contributed by atoms with E-state index in [4.69, 9.17) is 0 Å². The lowest BCUT2D eigenvalue weighted by Crippen LogP contribution is -2.12. The first-order chi connectivity index (χ1) is 8.38. The van der Waals surface area contributed by atoms with Crippen molar-refractivity contribution in [3.8, 4) is 11.3 Å². The molecule has 1 N–H and O–H groups in total. The van der Waals surface area contributed by atoms with Crippen molar-refractivity contribution in [2.24, 2.45) is 0 Å². The Morgan fingerprint density at radius 1 is 1.33 bits per heavy atom. The zero-order valence-electron chi connectivity index (χ0n) is 9.25. The van der Waals surface area contributed by atoms with Gasteiger partial charge in [-0.15, -0.1) is 0 Å². The first-order valence-corrected chi connectivity index (χ1v) is 4.97. The van der Waals surface area contributed by atoms with Gasteiger partial charge in [0.2, 0.25) is 0 Å². The van der Waals surface area contributed by atoms with Gasteiger partial charge in [0, 0.05) is 24.0 Å². The molecule has 94 valence electrons. The molecule has 0 aliphatic heterocycles. The minimum absolute atomic E-state index is 0.0447. The summed E-state index contributed by atoms with van der Waals surface area (Å²) in [5, 5.41) is 0. The van der Waals surface area contributed by atoms with Crippen LogP contribution in [0.4, 0.5) is 13.2 Å². The summed E-state index contributed by atoms with van der Waals surface area (Å²) in [4.78, 5) is 21.1. The van der Waals surface area contributed by atoms with Crippen LogP contribution in [0.1, 0.15) is 11.4 Å². The fourth-order valence-corrected chi connectivity index (χ4v) is 1.56. The lowest BCUT2D eigenvalue weighted by molar-refractivity contribution is -0.137. The molecule has 7 heteroatoms. The van der Waals surface area contributed by atoms with Crippen molar-refractivity contribution in [1.29, 1.82) is 0 Å². The number of aromatic amines is 1. The highest BCUT2D eigenvalue weighted by Crippen LogP contribution is 2.35. The predicted molar refractivity (Wildman–Crippen MR) is 57.8 cm³/mol. The van der Waals surface area contributed by atoms with E-state index < -0.39 is 17.3 Å². The Morgan fingerprint density at radius 2 is 2.06 bits per heavy atom. The molecule has 0 saturated heterocycles. The smallest absolute Gasteiger partial charge is 0.311 e. The number of H-pyrrole nitrogens is 1. The van der Waals surface area contributed by atoms with Crippen LogP contribution in [0.5, 0.6) is 0 Å². The number of nitrogens with zero attached hydrogens (tertiary/aromatic N) is 2. The minimum atomic E-state index is -4.52. The zero-order chi connectivity index (χ0) is 13.3. The number of nitrogens with one attached hydrogen (secondary N) is 1. The van der Waals surface area contributed by atoms with E-state index in [9.17, 15) is 18.0 Å². The molecule has 18 heavy (non-hydrogen) atoms. The monoisotopic (exact) mass is 255 g/mol. The Morgan fingerprint density at radius 3 is 2.67 bits per heavy atom. The maximum atomic E-state index is 12.8. The predicted octanol–water partition coefficient (Wildman–Crippen LogP) is 2.16. The third-order valence-corrected chi connectivity index (χ3v) is 2.26. The first kappa shape index (κ1) is 12.3. The lowest BCUT2D eigenvalue weighted by atomic mass is 10.1. The standard InChI is InChI=1S/C11H8F3N3O/c1-6-16-9(4-10(18)17-6)7-5-15-3-2-8(7)11(12,13)14/h2-5H,1H3,(H,16,17,18). The Labute approximate surface area is 99.5 Å². The van der Waals surface area contributed by atoms with E-state index in [1.54, 1.807) is 0 Å². The normalized spacial score (nSPS) is 11.6. The van der Waals surface area contributed by atoms with E-state index in [1.165, 1.54) is 6.92 Å². The lowest BCUT2D eigenvalue weighted by Gasteiger charge is -2.11. The van der Waals surface area contributed by atoms with E-state index >= 15 is 0 Å². The van der Waals surface area contributed by atoms with Crippen LogP contribution in [-0.2, 0) is 6.18 Å². The molecule has 0 spiro atoms. The molecule has 0 aliphatic carbocycles. The molecular formula is C11H8F3N3O. The summed E-state index contributed by atoms with van der Waals surface area (Å²) in [5.41, 5.74) is -1.62. The second-order valence-corrected chi connectivity index (χ2v) is 3.64. The van der Waals surface area contributed by atoms with E-state index in [0.717, 1.165) is 24.5 Å². The van der Waals surface area contributed by atoms with Gasteiger partial charge in [-0.25, -0.2) is 4.98 Å². The molecule has 0 unspecified atom stereocenters. The van der Waals surface area contributed by atoms with Crippen LogP contribution in [0, 0.1) is 6.92 Å². The molecule has 0 aliphatic rings. The highest BCUT2D eigenvalue weighted by atomic mass is 19.4. The van der Waals surface area contributed by atoms with Gasteiger partial charge in [-0.2, -0.15) is 13.2 Å². The number of hydrogen-bond acceptors (Lipinski definition) is 3. The molecule has 0 bridgehead atoms. The average Bonchev–Trinajstić information content (AvgIpc) is 2.26. The molecular weight excluding hydrogens is 247 g/mol. The van der Waals surface area contributed by atoms with Gasteiger partial charge in [0.25, 0.3) is 5.56 Å². The van der Waals surface area contributed by atoms with Crippen LogP contribution in [0.2, 0.25) is 0 Å². The molecule has 0 saturated carbocycles. The van der Waals surface area contributed by atoms with Gasteiger partial charge < -0.3 is 4.98 Å². The van der Waals surface area contributed by atoms with Crippen molar-refractivity contribution < 1.29 is 13.2 Å². The van der Waals surface area contributed by atoms with E-state index in [1.807, 2.05) is 0 Å². The molecule has 0 atom stereocenters. The van der Waals surface area contributed by atoms with Crippen LogP contribution in [0.3, 0.4) is 0 Å². The number of alkyl halides is 3. The van der Waals surface area contributed by atoms with Crippen molar-refractivity contribution in [2.45, 2.75) is 13.1 Å². The van der Waals surface area contributed by atoms with Crippen molar-refractivity contribution in [3.63, 3.8) is 0 Å². The van der Waals surface area contributed by atoms with Gasteiger partial charge in [-0.05, 0) is 13.0 Å². The SMILES string of the molecule is Cc1nc(-c2cnccc2C(F)(F)F)cc(=O)[nH]1. The maximum absolute atomic E-state index is 12.8. The Balaban J connectivity index is 2.68. The van der Waals surface area contributed by atoms with Crippen molar-refractivity contribution >= 4 is 0 Å². The second-order valence-electron chi connectivity index (χ2n) is 3.64. The number of pyridine rings is 1. The Bertz CT molecular complexity index is 634. The number of hydrogen-bond donors (Lipinski definition) is 1. The second kappa shape index (κ2) is 4.25. The van der Waals surface area contributed by atoms with Crippen LogP contribution < -0.4 is 5.56 Å². The van der Waals surface area contributed by atoms with Crippen molar-refractivity contribution in [1.82, 2.24) is 15.0 Å². The number of halogens is 3. The molecule has 0 aromatic carbocycles. The van der Waals surface area contributed by atoms with Crippen LogP contribution in [-0.4, -0.2) is 15.0 Å². The molecule has 4 nitrogen and oxygen atoms in total. The van der Waals surface area contributed by atoms with Gasteiger partial charge in [-0.1, -0.05) is 0 Å². The van der Waals surface area contributed by atoms with Gasteiger partial charge in [0.1, 0.15) is 5.82 Å². The van der Waals surface area contributed by atoms with Gasteiger partial charge >= 0.3 is 6.18 Å². The summed E-state index contributed by atoms with van der Waals surface area (Å²) in [6.45, 7) is 1.49. The topological polar surface area (TPSA) is 58.6 Å². The molecule has 0 fully saturated rings. The summed E-state index contributed by atoms with van der Waals surface area (Å²) in [6, 6.07) is 1.87. The molecule has 2 heterocycles. The highest BCUT2D eigenvalue weighted by molar-refractivity contribution is 5.62. The third-order valence-electron chi connectivity index (χ3n) is 2.26. The Kier molecular flexibility index (Phi) is 2.90. The Hall–Kier alpha value is -2.18. The van der Waals surface area contributed by atoms with Gasteiger partial charge in [-0.3, -0.25) is 9.78 Å². The van der Waals surface area contributed by atoms with E-state index in [2.05, 4.69) is 15.0 Å². The van der Waals surface area contributed by atoms with Crippen LogP contribution >= 0.6 is 0 Å². The van der Waals surface area contributed by atoms with Crippen LogP contribution in [0.15, 0.2) is 29.3 Å². The molecule has 2 aromatic heterocycles. The van der Waals surface area contributed by atoms with Crippen LogP contribution in [0.25, 0.3) is 11.3 Å². The average molecular weight is 255 g/mol. The summed E-state index contributed by atoms with van der Waals surface area (Å²) < 4.78 is 38.4. The maximum Gasteiger partial charge on any atom is 0.417 e. The van der Waals surface area contributed by atoms with E-state index in [0.29, 0.717) is 0 Å². The molecule has 0 amide bonds. The minimum Gasteiger partial charge on any atom is -0.311 e. The third kappa shape index (κ3) is 2.39. The summed E-state index contributed by atoms with van der Waals surface area (Å²) >= 11 is 0. The van der Waals surface area contributed by atoms with Gasteiger partial charge in [0.15, 0.2) is 0 Å². The molecule has 2 rings (SSSR count). The highest BCUT2D eigenvalue weighted by Gasteiger charge is 2.34. The summed E-state index contributed by atoms with van der Waals surface area (Å²) in [6.07, 6.45) is -2.42. The quantitative estimate of drug-likeness (QED) is 0.849. The number of aromatic nitrogens is 3. The number of aryl methyl sites for hydroxylation is 1.